The highest BCUT2D eigenvalue weighted by atomic mass is 79.9. The number of hydrogen-bond donors (Lipinski definition) is 1. The number of halogens is 2. The summed E-state index contributed by atoms with van der Waals surface area (Å²) in [6, 6.07) is 11.3. The molecule has 0 radical (unpaired) electrons. The average Bonchev–Trinajstić information content (AvgIpc) is 2.41. The third-order valence-corrected chi connectivity index (χ3v) is 4.17. The van der Waals surface area contributed by atoms with Gasteiger partial charge in [-0.1, -0.05) is 39.7 Å². The molecule has 0 heterocycles. The molecule has 100 valence electrons. The van der Waals surface area contributed by atoms with Crippen molar-refractivity contribution in [3.63, 3.8) is 0 Å². The molecule has 0 fully saturated rings. The first kappa shape index (κ1) is 14.4. The van der Waals surface area contributed by atoms with Crippen LogP contribution in [0.3, 0.4) is 0 Å². The first-order chi connectivity index (χ1) is 9.02. The summed E-state index contributed by atoms with van der Waals surface area (Å²) in [7, 11) is 1.63. The molecule has 0 saturated heterocycles. The van der Waals surface area contributed by atoms with E-state index in [0.717, 1.165) is 21.3 Å². The molecule has 2 aromatic carbocycles. The highest BCUT2D eigenvalue weighted by Gasteiger charge is 2.15. The van der Waals surface area contributed by atoms with Crippen molar-refractivity contribution in [3.05, 3.63) is 62.6 Å². The van der Waals surface area contributed by atoms with Crippen molar-refractivity contribution >= 4 is 27.5 Å². The zero-order chi connectivity index (χ0) is 14.0. The molecule has 0 spiro atoms. The summed E-state index contributed by atoms with van der Waals surface area (Å²) in [6.07, 6.45) is 0. The van der Waals surface area contributed by atoms with Crippen molar-refractivity contribution in [3.8, 4) is 5.75 Å². The van der Waals surface area contributed by atoms with E-state index in [4.69, 9.17) is 22.1 Å². The van der Waals surface area contributed by atoms with Crippen molar-refractivity contribution in [2.75, 3.05) is 7.11 Å². The van der Waals surface area contributed by atoms with Gasteiger partial charge in [0.25, 0.3) is 0 Å². The lowest BCUT2D eigenvalue weighted by atomic mass is 9.98. The average molecular weight is 341 g/mol. The van der Waals surface area contributed by atoms with E-state index in [1.807, 2.05) is 37.3 Å². The van der Waals surface area contributed by atoms with Gasteiger partial charge in [-0.2, -0.15) is 0 Å². The maximum Gasteiger partial charge on any atom is 0.124 e. The van der Waals surface area contributed by atoms with Gasteiger partial charge in [0.2, 0.25) is 0 Å². The minimum atomic E-state index is -0.273. The van der Waals surface area contributed by atoms with Crippen LogP contribution in [0.25, 0.3) is 0 Å². The van der Waals surface area contributed by atoms with E-state index in [0.29, 0.717) is 5.02 Å². The number of nitrogens with two attached hydrogens (primary N) is 1. The zero-order valence-corrected chi connectivity index (χ0v) is 13.1. The summed E-state index contributed by atoms with van der Waals surface area (Å²) in [4.78, 5) is 0. The monoisotopic (exact) mass is 339 g/mol. The van der Waals surface area contributed by atoms with E-state index >= 15 is 0 Å². The standard InChI is InChI=1S/C15H15BrClNO/c1-9-3-4-10(7-13(9)16)15(18)12-8-11(17)5-6-14(12)19-2/h3-8,15H,18H2,1-2H3. The summed E-state index contributed by atoms with van der Waals surface area (Å²) in [5.74, 6) is 0.744. The van der Waals surface area contributed by atoms with Gasteiger partial charge in [0.05, 0.1) is 13.2 Å². The Kier molecular flexibility index (Phi) is 4.50. The largest absolute Gasteiger partial charge is 0.496 e. The molecule has 2 aromatic rings. The number of aryl methyl sites for hydroxylation is 1. The number of benzene rings is 2. The van der Waals surface area contributed by atoms with Crippen LogP contribution in [0.1, 0.15) is 22.7 Å². The summed E-state index contributed by atoms with van der Waals surface area (Å²) in [6.45, 7) is 2.04. The van der Waals surface area contributed by atoms with Crippen LogP contribution in [0.5, 0.6) is 5.75 Å². The van der Waals surface area contributed by atoms with Gasteiger partial charge in [0, 0.05) is 15.1 Å². The maximum absolute atomic E-state index is 6.32. The molecule has 0 aliphatic carbocycles. The quantitative estimate of drug-likeness (QED) is 0.895. The third kappa shape index (κ3) is 3.11. The summed E-state index contributed by atoms with van der Waals surface area (Å²) in [5, 5.41) is 0.650. The number of rotatable bonds is 3. The van der Waals surface area contributed by atoms with E-state index < -0.39 is 0 Å². The predicted octanol–water partition coefficient (Wildman–Crippen LogP) is 4.47. The minimum Gasteiger partial charge on any atom is -0.496 e. The van der Waals surface area contributed by atoms with Gasteiger partial charge in [0.15, 0.2) is 0 Å². The normalized spacial score (nSPS) is 12.3. The fraction of sp³-hybridized carbons (Fsp3) is 0.200. The van der Waals surface area contributed by atoms with Crippen molar-refractivity contribution in [2.24, 2.45) is 5.73 Å². The van der Waals surface area contributed by atoms with Gasteiger partial charge in [-0.3, -0.25) is 0 Å². The van der Waals surface area contributed by atoms with Crippen molar-refractivity contribution in [1.82, 2.24) is 0 Å². The first-order valence-corrected chi connectivity index (χ1v) is 7.05. The fourth-order valence-corrected chi connectivity index (χ4v) is 2.51. The molecule has 0 aliphatic heterocycles. The van der Waals surface area contributed by atoms with Crippen LogP contribution in [0, 0.1) is 6.92 Å². The van der Waals surface area contributed by atoms with Gasteiger partial charge >= 0.3 is 0 Å². The van der Waals surface area contributed by atoms with Crippen LogP contribution in [0.2, 0.25) is 5.02 Å². The van der Waals surface area contributed by atoms with Gasteiger partial charge < -0.3 is 10.5 Å². The van der Waals surface area contributed by atoms with Crippen LogP contribution in [0.15, 0.2) is 40.9 Å². The zero-order valence-electron chi connectivity index (χ0n) is 10.8. The van der Waals surface area contributed by atoms with Crippen molar-refractivity contribution in [1.29, 1.82) is 0 Å². The SMILES string of the molecule is COc1ccc(Cl)cc1C(N)c1ccc(C)c(Br)c1. The minimum absolute atomic E-state index is 0.273. The van der Waals surface area contributed by atoms with Gasteiger partial charge in [0.1, 0.15) is 5.75 Å². The first-order valence-electron chi connectivity index (χ1n) is 5.88. The van der Waals surface area contributed by atoms with Gasteiger partial charge in [-0.15, -0.1) is 0 Å². The van der Waals surface area contributed by atoms with Crippen LogP contribution >= 0.6 is 27.5 Å². The molecule has 0 aromatic heterocycles. The van der Waals surface area contributed by atoms with E-state index in [9.17, 15) is 0 Å². The molecule has 0 amide bonds. The molecule has 0 saturated carbocycles. The Labute approximate surface area is 126 Å². The molecule has 2 N–H and O–H groups in total. The van der Waals surface area contributed by atoms with Crippen LogP contribution in [0.4, 0.5) is 0 Å². The molecule has 4 heteroatoms. The van der Waals surface area contributed by atoms with E-state index in [1.165, 1.54) is 5.56 Å². The van der Waals surface area contributed by atoms with Crippen LogP contribution in [-0.4, -0.2) is 7.11 Å². The Morgan fingerprint density at radius 2 is 1.95 bits per heavy atom. The molecule has 0 bridgehead atoms. The lowest BCUT2D eigenvalue weighted by Gasteiger charge is -2.17. The third-order valence-electron chi connectivity index (χ3n) is 3.08. The Bertz CT molecular complexity index is 601. The Morgan fingerprint density at radius 1 is 1.21 bits per heavy atom. The molecule has 1 unspecified atom stereocenters. The lowest BCUT2D eigenvalue weighted by molar-refractivity contribution is 0.408. The second-order valence-corrected chi connectivity index (χ2v) is 5.66. The second-order valence-electron chi connectivity index (χ2n) is 4.37. The fourth-order valence-electron chi connectivity index (χ4n) is 1.93. The molecule has 0 aliphatic rings. The van der Waals surface area contributed by atoms with E-state index in [1.54, 1.807) is 13.2 Å². The summed E-state index contributed by atoms with van der Waals surface area (Å²) < 4.78 is 6.39. The Hall–Kier alpha value is -1.03. The summed E-state index contributed by atoms with van der Waals surface area (Å²) >= 11 is 9.57. The van der Waals surface area contributed by atoms with E-state index in [2.05, 4.69) is 15.9 Å². The lowest BCUT2D eigenvalue weighted by Crippen LogP contribution is -2.13. The molecule has 2 nitrogen and oxygen atoms in total. The van der Waals surface area contributed by atoms with E-state index in [-0.39, 0.29) is 6.04 Å². The number of methoxy groups -OCH3 is 1. The topological polar surface area (TPSA) is 35.2 Å². The Morgan fingerprint density at radius 3 is 2.58 bits per heavy atom. The van der Waals surface area contributed by atoms with Crippen molar-refractivity contribution in [2.45, 2.75) is 13.0 Å². The molecular formula is C15H15BrClNO. The molecular weight excluding hydrogens is 326 g/mol. The Balaban J connectivity index is 2.45. The van der Waals surface area contributed by atoms with Crippen LogP contribution in [-0.2, 0) is 0 Å². The highest BCUT2D eigenvalue weighted by Crippen LogP contribution is 2.32. The van der Waals surface area contributed by atoms with Crippen molar-refractivity contribution < 1.29 is 4.74 Å². The summed E-state index contributed by atoms with van der Waals surface area (Å²) in [5.41, 5.74) is 9.39. The maximum atomic E-state index is 6.32. The smallest absolute Gasteiger partial charge is 0.124 e. The highest BCUT2D eigenvalue weighted by molar-refractivity contribution is 9.10. The molecule has 19 heavy (non-hydrogen) atoms. The second kappa shape index (κ2) is 5.95. The number of ether oxygens (including phenoxy) is 1. The van der Waals surface area contributed by atoms with Crippen LogP contribution < -0.4 is 10.5 Å². The predicted molar refractivity (Wildman–Crippen MR) is 82.9 cm³/mol. The van der Waals surface area contributed by atoms with Gasteiger partial charge in [-0.25, -0.2) is 0 Å². The van der Waals surface area contributed by atoms with Gasteiger partial charge in [-0.05, 0) is 42.3 Å². The number of hydrogen-bond acceptors (Lipinski definition) is 2. The molecule has 1 atom stereocenters. The molecule has 2 rings (SSSR count).